The van der Waals surface area contributed by atoms with Crippen LogP contribution in [0.25, 0.3) is 0 Å². The van der Waals surface area contributed by atoms with E-state index < -0.39 is 0 Å². The van der Waals surface area contributed by atoms with E-state index in [4.69, 9.17) is 14.2 Å². The topological polar surface area (TPSA) is 77.1 Å². The van der Waals surface area contributed by atoms with E-state index in [-0.39, 0.29) is 18.4 Å². The molecule has 0 aromatic heterocycles. The summed E-state index contributed by atoms with van der Waals surface area (Å²) < 4.78 is 16.1. The minimum atomic E-state index is -0.215. The van der Waals surface area contributed by atoms with Gasteiger partial charge in [0, 0.05) is 36.2 Å². The van der Waals surface area contributed by atoms with Crippen LogP contribution in [0.5, 0.6) is 17.2 Å². The summed E-state index contributed by atoms with van der Waals surface area (Å²) in [6, 6.07) is 11.2. The highest BCUT2D eigenvalue weighted by atomic mass is 32.2. The van der Waals surface area contributed by atoms with Gasteiger partial charge in [-0.3, -0.25) is 9.59 Å². The number of thioether (sulfide) groups is 1. The third-order valence-electron chi connectivity index (χ3n) is 6.22. The van der Waals surface area contributed by atoms with Crippen molar-refractivity contribution in [3.63, 3.8) is 0 Å². The summed E-state index contributed by atoms with van der Waals surface area (Å²) in [6.45, 7) is 0.255. The minimum Gasteiger partial charge on any atom is -0.496 e. The Balaban J connectivity index is 1.65. The van der Waals surface area contributed by atoms with Crippen molar-refractivity contribution < 1.29 is 23.8 Å². The molecule has 1 fully saturated rings. The Kier molecular flexibility index (Phi) is 9.51. The maximum atomic E-state index is 13.0. The number of carbonyl (C=O) groups is 2. The first-order valence-corrected chi connectivity index (χ1v) is 12.5. The molecule has 0 heterocycles. The molecule has 3 rings (SSSR count). The van der Waals surface area contributed by atoms with Crippen molar-refractivity contribution in [3.8, 4) is 17.2 Å². The average molecular weight is 487 g/mol. The van der Waals surface area contributed by atoms with Crippen molar-refractivity contribution in [2.24, 2.45) is 0 Å². The molecule has 0 saturated heterocycles. The predicted octanol–water partition coefficient (Wildman–Crippen LogP) is 4.53. The van der Waals surface area contributed by atoms with Crippen LogP contribution in [0.2, 0.25) is 0 Å². The standard InChI is InChI=1S/C26H34N2O5S/c1-28(19-10-6-5-7-11-19)25(29)17-34-24-13-9-8-12-20(24)26(30)27-16-18-14-22(32-3)23(33-4)15-21(18)31-2/h8-9,12-15,19H,5-7,10-11,16-17H2,1-4H3,(H,27,30). The molecule has 2 aromatic rings. The number of nitrogens with one attached hydrogen (secondary N) is 1. The third-order valence-corrected chi connectivity index (χ3v) is 7.28. The van der Waals surface area contributed by atoms with Crippen molar-refractivity contribution in [1.29, 1.82) is 0 Å². The van der Waals surface area contributed by atoms with Crippen molar-refractivity contribution in [2.45, 2.75) is 49.6 Å². The average Bonchev–Trinajstić information content (AvgIpc) is 2.89. The summed E-state index contributed by atoms with van der Waals surface area (Å²) in [6.07, 6.45) is 5.77. The molecule has 1 aliphatic rings. The van der Waals surface area contributed by atoms with Gasteiger partial charge in [-0.25, -0.2) is 0 Å². The Hall–Kier alpha value is -2.87. The van der Waals surface area contributed by atoms with E-state index in [1.807, 2.05) is 30.1 Å². The zero-order valence-electron chi connectivity index (χ0n) is 20.4. The van der Waals surface area contributed by atoms with E-state index in [1.165, 1.54) is 31.0 Å². The van der Waals surface area contributed by atoms with Crippen LogP contribution in [-0.2, 0) is 11.3 Å². The van der Waals surface area contributed by atoms with Gasteiger partial charge in [0.1, 0.15) is 5.75 Å². The Labute approximate surface area is 206 Å². The molecule has 0 aliphatic heterocycles. The first-order valence-electron chi connectivity index (χ1n) is 11.5. The highest BCUT2D eigenvalue weighted by Crippen LogP contribution is 2.34. The van der Waals surface area contributed by atoms with Gasteiger partial charge in [-0.2, -0.15) is 0 Å². The van der Waals surface area contributed by atoms with Crippen LogP contribution in [0.15, 0.2) is 41.3 Å². The largest absolute Gasteiger partial charge is 0.496 e. The van der Waals surface area contributed by atoms with Crippen LogP contribution in [0.4, 0.5) is 0 Å². The van der Waals surface area contributed by atoms with Crippen LogP contribution in [0, 0.1) is 0 Å². The Morgan fingerprint density at radius 3 is 2.29 bits per heavy atom. The number of amides is 2. The molecule has 2 aromatic carbocycles. The molecule has 0 atom stereocenters. The lowest BCUT2D eigenvalue weighted by atomic mass is 9.94. The first kappa shape index (κ1) is 25.7. The summed E-state index contributed by atoms with van der Waals surface area (Å²) >= 11 is 1.40. The van der Waals surface area contributed by atoms with Gasteiger partial charge in [0.05, 0.1) is 32.6 Å². The molecule has 1 aliphatic carbocycles. The van der Waals surface area contributed by atoms with Gasteiger partial charge in [-0.05, 0) is 31.0 Å². The van der Waals surface area contributed by atoms with Crippen LogP contribution < -0.4 is 19.5 Å². The molecule has 1 saturated carbocycles. The van der Waals surface area contributed by atoms with E-state index in [9.17, 15) is 9.59 Å². The van der Waals surface area contributed by atoms with Crippen LogP contribution in [-0.4, -0.2) is 56.9 Å². The fraction of sp³-hybridized carbons (Fsp3) is 0.462. The molecule has 8 heteroatoms. The van der Waals surface area contributed by atoms with Gasteiger partial charge in [-0.1, -0.05) is 31.4 Å². The smallest absolute Gasteiger partial charge is 0.252 e. The number of ether oxygens (including phenoxy) is 3. The zero-order chi connectivity index (χ0) is 24.5. The highest BCUT2D eigenvalue weighted by molar-refractivity contribution is 8.00. The quantitative estimate of drug-likeness (QED) is 0.498. The Morgan fingerprint density at radius 1 is 0.971 bits per heavy atom. The molecule has 184 valence electrons. The van der Waals surface area contributed by atoms with Gasteiger partial charge in [-0.15, -0.1) is 11.8 Å². The van der Waals surface area contributed by atoms with Crippen LogP contribution in [0.1, 0.15) is 48.0 Å². The second-order valence-electron chi connectivity index (χ2n) is 8.28. The van der Waals surface area contributed by atoms with Crippen molar-refractivity contribution in [3.05, 3.63) is 47.5 Å². The van der Waals surface area contributed by atoms with E-state index in [0.717, 1.165) is 23.3 Å². The van der Waals surface area contributed by atoms with E-state index in [1.54, 1.807) is 39.5 Å². The maximum Gasteiger partial charge on any atom is 0.252 e. The Bertz CT molecular complexity index is 991. The molecule has 1 N–H and O–H groups in total. The maximum absolute atomic E-state index is 13.0. The van der Waals surface area contributed by atoms with Gasteiger partial charge in [0.15, 0.2) is 11.5 Å². The molecule has 0 spiro atoms. The molecule has 0 unspecified atom stereocenters. The molecule has 0 radical (unpaired) electrons. The molecule has 34 heavy (non-hydrogen) atoms. The number of carbonyl (C=O) groups excluding carboxylic acids is 2. The van der Waals surface area contributed by atoms with Gasteiger partial charge < -0.3 is 24.4 Å². The minimum absolute atomic E-state index is 0.0992. The number of hydrogen-bond donors (Lipinski definition) is 1. The second kappa shape index (κ2) is 12.6. The monoisotopic (exact) mass is 486 g/mol. The van der Waals surface area contributed by atoms with Gasteiger partial charge in [0.2, 0.25) is 5.91 Å². The van der Waals surface area contributed by atoms with Crippen molar-refractivity contribution >= 4 is 23.6 Å². The summed E-state index contributed by atoms with van der Waals surface area (Å²) in [5, 5.41) is 2.96. The molecular weight excluding hydrogens is 452 g/mol. The summed E-state index contributed by atoms with van der Waals surface area (Å²) in [5.74, 6) is 1.90. The van der Waals surface area contributed by atoms with E-state index in [2.05, 4.69) is 5.32 Å². The number of hydrogen-bond acceptors (Lipinski definition) is 6. The SMILES string of the molecule is COc1cc(OC)c(OC)cc1CNC(=O)c1ccccc1SCC(=O)N(C)C1CCCCC1. The lowest BCUT2D eigenvalue weighted by Gasteiger charge is -2.31. The van der Waals surface area contributed by atoms with E-state index >= 15 is 0 Å². The Morgan fingerprint density at radius 2 is 1.62 bits per heavy atom. The fourth-order valence-corrected chi connectivity index (χ4v) is 5.17. The summed E-state index contributed by atoms with van der Waals surface area (Å²) in [7, 11) is 6.59. The van der Waals surface area contributed by atoms with Crippen LogP contribution >= 0.6 is 11.8 Å². The van der Waals surface area contributed by atoms with Gasteiger partial charge in [0.25, 0.3) is 5.91 Å². The normalized spacial score (nSPS) is 13.8. The van der Waals surface area contributed by atoms with E-state index in [0.29, 0.717) is 34.6 Å². The summed E-state index contributed by atoms with van der Waals surface area (Å²) in [5.41, 5.74) is 1.31. The van der Waals surface area contributed by atoms with Crippen molar-refractivity contribution in [1.82, 2.24) is 10.2 Å². The summed E-state index contributed by atoms with van der Waals surface area (Å²) in [4.78, 5) is 28.5. The molecule has 7 nitrogen and oxygen atoms in total. The first-order chi connectivity index (χ1) is 16.5. The molecule has 0 bridgehead atoms. The predicted molar refractivity (Wildman–Crippen MR) is 134 cm³/mol. The number of benzene rings is 2. The molecular formula is C26H34N2O5S. The van der Waals surface area contributed by atoms with Crippen molar-refractivity contribution in [2.75, 3.05) is 34.1 Å². The highest BCUT2D eigenvalue weighted by Gasteiger charge is 2.22. The fourth-order valence-electron chi connectivity index (χ4n) is 4.19. The van der Waals surface area contributed by atoms with Gasteiger partial charge >= 0.3 is 0 Å². The number of rotatable bonds is 10. The van der Waals surface area contributed by atoms with Crippen LogP contribution in [0.3, 0.4) is 0 Å². The lowest BCUT2D eigenvalue weighted by molar-refractivity contribution is -0.129. The number of methoxy groups -OCH3 is 3. The number of nitrogens with zero attached hydrogens (tertiary/aromatic N) is 1. The lowest BCUT2D eigenvalue weighted by Crippen LogP contribution is -2.39. The third kappa shape index (κ3) is 6.38. The second-order valence-corrected chi connectivity index (χ2v) is 9.30. The zero-order valence-corrected chi connectivity index (χ0v) is 21.2. The molecule has 2 amide bonds.